The Labute approximate surface area is 191 Å². The molecule has 1 atom stereocenters. The highest BCUT2D eigenvalue weighted by molar-refractivity contribution is 7.10. The Morgan fingerprint density at radius 2 is 1.90 bits per heavy atom. The molecule has 1 saturated heterocycles. The second-order valence-corrected chi connectivity index (χ2v) is 8.83. The molecule has 1 aliphatic rings. The molecule has 1 aliphatic heterocycles. The van der Waals surface area contributed by atoms with Crippen LogP contribution >= 0.6 is 11.3 Å². The van der Waals surface area contributed by atoms with Gasteiger partial charge in [-0.2, -0.15) is 0 Å². The van der Waals surface area contributed by atoms with E-state index in [1.807, 2.05) is 25.3 Å². The highest BCUT2D eigenvalue weighted by Crippen LogP contribution is 2.30. The SMILES string of the molecule is C=C/C=C(\C=C)CN1CCN(Cc2ccccc2OC(CCNC)c2cccs2)CC1. The maximum Gasteiger partial charge on any atom is 0.134 e. The van der Waals surface area contributed by atoms with Crippen molar-refractivity contribution in [1.82, 2.24) is 15.1 Å². The molecule has 3 rings (SSSR count). The van der Waals surface area contributed by atoms with Crippen molar-refractivity contribution in [3.63, 3.8) is 0 Å². The lowest BCUT2D eigenvalue weighted by molar-refractivity contribution is 0.132. The number of para-hydroxylation sites is 1. The fraction of sp³-hybridized carbons (Fsp3) is 0.385. The van der Waals surface area contributed by atoms with Crippen LogP contribution in [0.3, 0.4) is 0 Å². The Morgan fingerprint density at radius 3 is 2.58 bits per heavy atom. The Kier molecular flexibility index (Phi) is 9.56. The van der Waals surface area contributed by atoms with Gasteiger partial charge in [0.1, 0.15) is 11.9 Å². The second kappa shape index (κ2) is 12.6. The van der Waals surface area contributed by atoms with Gasteiger partial charge in [-0.1, -0.05) is 55.7 Å². The van der Waals surface area contributed by atoms with Crippen LogP contribution in [-0.4, -0.2) is 56.1 Å². The molecule has 0 amide bonds. The third kappa shape index (κ3) is 7.18. The molecule has 0 saturated carbocycles. The molecular weight excluding hydrogens is 402 g/mol. The highest BCUT2D eigenvalue weighted by Gasteiger charge is 2.20. The monoisotopic (exact) mass is 437 g/mol. The van der Waals surface area contributed by atoms with Crippen molar-refractivity contribution >= 4 is 11.3 Å². The topological polar surface area (TPSA) is 27.7 Å². The summed E-state index contributed by atoms with van der Waals surface area (Å²) in [6, 6.07) is 12.8. The van der Waals surface area contributed by atoms with Gasteiger partial charge in [-0.25, -0.2) is 0 Å². The zero-order valence-electron chi connectivity index (χ0n) is 18.6. The van der Waals surface area contributed by atoms with E-state index < -0.39 is 0 Å². The minimum absolute atomic E-state index is 0.0828. The van der Waals surface area contributed by atoms with E-state index in [0.29, 0.717) is 0 Å². The van der Waals surface area contributed by atoms with Gasteiger partial charge >= 0.3 is 0 Å². The van der Waals surface area contributed by atoms with Crippen LogP contribution in [0, 0.1) is 0 Å². The molecule has 2 aromatic rings. The average molecular weight is 438 g/mol. The van der Waals surface area contributed by atoms with E-state index in [-0.39, 0.29) is 6.10 Å². The summed E-state index contributed by atoms with van der Waals surface area (Å²) in [4.78, 5) is 6.29. The highest BCUT2D eigenvalue weighted by atomic mass is 32.1. The van der Waals surface area contributed by atoms with E-state index in [1.54, 1.807) is 11.3 Å². The zero-order valence-corrected chi connectivity index (χ0v) is 19.4. The largest absolute Gasteiger partial charge is 0.485 e. The van der Waals surface area contributed by atoms with Crippen LogP contribution in [0.2, 0.25) is 0 Å². The second-order valence-electron chi connectivity index (χ2n) is 7.86. The average Bonchev–Trinajstić information content (AvgIpc) is 3.33. The van der Waals surface area contributed by atoms with Gasteiger partial charge < -0.3 is 10.1 Å². The molecule has 166 valence electrons. The first-order valence-electron chi connectivity index (χ1n) is 11.0. The standard InChI is InChI=1S/C26H35N3OS/c1-4-9-22(5-2)20-28-15-17-29(18-16-28)21-23-10-6-7-11-24(23)30-25(13-14-27-3)26-12-8-19-31-26/h4-12,19,25,27H,1-2,13-18,20-21H2,3H3/b22-9+. The van der Waals surface area contributed by atoms with Crippen LogP contribution < -0.4 is 10.1 Å². The van der Waals surface area contributed by atoms with Gasteiger partial charge in [0.05, 0.1) is 0 Å². The molecule has 0 spiro atoms. The van der Waals surface area contributed by atoms with Crippen molar-refractivity contribution in [1.29, 1.82) is 0 Å². The zero-order chi connectivity index (χ0) is 21.9. The van der Waals surface area contributed by atoms with Crippen LogP contribution in [0.1, 0.15) is 23.0 Å². The molecule has 31 heavy (non-hydrogen) atoms. The minimum atomic E-state index is 0.0828. The molecule has 1 aromatic carbocycles. The van der Waals surface area contributed by atoms with Gasteiger partial charge in [0.15, 0.2) is 0 Å². The molecule has 4 nitrogen and oxygen atoms in total. The number of hydrogen-bond acceptors (Lipinski definition) is 5. The molecule has 1 unspecified atom stereocenters. The first-order chi connectivity index (χ1) is 15.2. The van der Waals surface area contributed by atoms with Crippen molar-refractivity contribution in [2.24, 2.45) is 0 Å². The lowest BCUT2D eigenvalue weighted by Gasteiger charge is -2.35. The van der Waals surface area contributed by atoms with E-state index in [9.17, 15) is 0 Å². The van der Waals surface area contributed by atoms with Crippen LogP contribution in [-0.2, 0) is 6.54 Å². The quantitative estimate of drug-likeness (QED) is 0.478. The lowest BCUT2D eigenvalue weighted by Crippen LogP contribution is -2.46. The summed E-state index contributed by atoms with van der Waals surface area (Å²) in [5.41, 5.74) is 2.49. The number of allylic oxidation sites excluding steroid dienone is 2. The number of thiophene rings is 1. The molecule has 1 fully saturated rings. The predicted molar refractivity (Wildman–Crippen MR) is 133 cm³/mol. The predicted octanol–water partition coefficient (Wildman–Crippen LogP) is 4.89. The van der Waals surface area contributed by atoms with E-state index >= 15 is 0 Å². The van der Waals surface area contributed by atoms with Gasteiger partial charge in [-0.05, 0) is 36.7 Å². The van der Waals surface area contributed by atoms with Crippen LogP contribution in [0.25, 0.3) is 0 Å². The number of hydrogen-bond donors (Lipinski definition) is 1. The van der Waals surface area contributed by atoms with Crippen molar-refractivity contribution in [3.05, 3.63) is 89.2 Å². The summed E-state index contributed by atoms with van der Waals surface area (Å²) in [6.45, 7) is 14.7. The Morgan fingerprint density at radius 1 is 1.13 bits per heavy atom. The summed E-state index contributed by atoms with van der Waals surface area (Å²) < 4.78 is 6.55. The van der Waals surface area contributed by atoms with Crippen molar-refractivity contribution < 1.29 is 4.74 Å². The molecule has 5 heteroatoms. The van der Waals surface area contributed by atoms with Crippen LogP contribution in [0.5, 0.6) is 5.75 Å². The maximum atomic E-state index is 6.55. The Hall–Kier alpha value is -2.18. The summed E-state index contributed by atoms with van der Waals surface area (Å²) >= 11 is 1.77. The van der Waals surface area contributed by atoms with Gasteiger partial charge in [0, 0.05) is 56.1 Å². The number of nitrogens with one attached hydrogen (secondary N) is 1. The number of nitrogens with zero attached hydrogens (tertiary/aromatic N) is 2. The van der Waals surface area contributed by atoms with Crippen LogP contribution in [0.4, 0.5) is 0 Å². The fourth-order valence-electron chi connectivity index (χ4n) is 3.85. The molecule has 1 aromatic heterocycles. The van der Waals surface area contributed by atoms with Crippen molar-refractivity contribution in [2.75, 3.05) is 46.3 Å². The van der Waals surface area contributed by atoms with E-state index in [2.05, 4.69) is 70.1 Å². The number of benzene rings is 1. The summed E-state index contributed by atoms with van der Waals surface area (Å²) in [5, 5.41) is 5.38. The van der Waals surface area contributed by atoms with E-state index in [0.717, 1.165) is 58.0 Å². The smallest absolute Gasteiger partial charge is 0.134 e. The lowest BCUT2D eigenvalue weighted by atomic mass is 10.1. The summed E-state index contributed by atoms with van der Waals surface area (Å²) in [5.74, 6) is 1.00. The maximum absolute atomic E-state index is 6.55. The van der Waals surface area contributed by atoms with Gasteiger partial charge in [0.25, 0.3) is 0 Å². The van der Waals surface area contributed by atoms with Gasteiger partial charge in [0.2, 0.25) is 0 Å². The normalized spacial score (nSPS) is 16.7. The van der Waals surface area contributed by atoms with E-state index in [4.69, 9.17) is 4.74 Å². The minimum Gasteiger partial charge on any atom is -0.485 e. The van der Waals surface area contributed by atoms with Crippen molar-refractivity contribution in [3.8, 4) is 5.75 Å². The number of ether oxygens (including phenoxy) is 1. The summed E-state index contributed by atoms with van der Waals surface area (Å²) in [6.07, 6.45) is 6.85. The first kappa shape index (κ1) is 23.5. The number of piperazine rings is 1. The van der Waals surface area contributed by atoms with Gasteiger partial charge in [-0.3, -0.25) is 9.80 Å². The molecule has 0 radical (unpaired) electrons. The van der Waals surface area contributed by atoms with Gasteiger partial charge in [-0.15, -0.1) is 11.3 Å². The Bertz CT molecular complexity index is 838. The third-order valence-electron chi connectivity index (χ3n) is 5.62. The molecule has 0 bridgehead atoms. The molecule has 1 N–H and O–H groups in total. The molecular formula is C26H35N3OS. The number of rotatable bonds is 12. The fourth-order valence-corrected chi connectivity index (χ4v) is 4.64. The molecule has 0 aliphatic carbocycles. The molecule has 2 heterocycles. The Balaban J connectivity index is 1.60. The summed E-state index contributed by atoms with van der Waals surface area (Å²) in [7, 11) is 1.99. The first-order valence-corrected chi connectivity index (χ1v) is 11.9. The van der Waals surface area contributed by atoms with Crippen molar-refractivity contribution in [2.45, 2.75) is 19.1 Å². The third-order valence-corrected chi connectivity index (χ3v) is 6.58. The van der Waals surface area contributed by atoms with Crippen LogP contribution in [0.15, 0.2) is 78.7 Å². The van der Waals surface area contributed by atoms with E-state index in [1.165, 1.54) is 16.0 Å².